The topological polar surface area (TPSA) is 0 Å². The van der Waals surface area contributed by atoms with Crippen molar-refractivity contribution in [3.63, 3.8) is 0 Å². The molecule has 4 rings (SSSR count). The van der Waals surface area contributed by atoms with Crippen LogP contribution in [0.2, 0.25) is 34.5 Å². The van der Waals surface area contributed by atoms with E-state index >= 15 is 0 Å². The Morgan fingerprint density at radius 1 is 0.667 bits per heavy atom. The first-order valence-corrected chi connectivity index (χ1v) is 33.0. The van der Waals surface area contributed by atoms with Gasteiger partial charge in [-0.05, 0) is 0 Å². The summed E-state index contributed by atoms with van der Waals surface area (Å²) < 4.78 is 6.64. The van der Waals surface area contributed by atoms with Gasteiger partial charge < -0.3 is 0 Å². The van der Waals surface area contributed by atoms with Crippen molar-refractivity contribution in [1.29, 1.82) is 0 Å². The van der Waals surface area contributed by atoms with Crippen LogP contribution in [0.25, 0.3) is 21.5 Å². The van der Waals surface area contributed by atoms with Gasteiger partial charge in [0.05, 0.1) is 0 Å². The Morgan fingerprint density at radius 2 is 0.967 bits per heavy atom. The van der Waals surface area contributed by atoms with Crippen LogP contribution in [-0.4, -0.2) is 30.7 Å². The fraction of sp³-hybridized carbons (Fsp3) is 0.240. The molecule has 4 aromatic carbocycles. The molecule has 0 saturated heterocycles. The van der Waals surface area contributed by atoms with Gasteiger partial charge in [0.2, 0.25) is 0 Å². The number of rotatable bonds is 2. The van der Waals surface area contributed by atoms with Crippen molar-refractivity contribution in [3.8, 4) is 0 Å². The van der Waals surface area contributed by atoms with Gasteiger partial charge in [-0.1, -0.05) is 0 Å². The predicted molar refractivity (Wildman–Crippen MR) is 144 cm³/mol. The molecule has 4 aromatic rings. The molecule has 0 aliphatic rings. The first-order valence-electron chi connectivity index (χ1n) is 10.2. The van der Waals surface area contributed by atoms with Crippen LogP contribution >= 0.6 is 17.0 Å². The van der Waals surface area contributed by atoms with Gasteiger partial charge in [-0.15, -0.1) is 0 Å². The van der Waals surface area contributed by atoms with Gasteiger partial charge in [0.1, 0.15) is 0 Å². The van der Waals surface area contributed by atoms with E-state index in [9.17, 15) is 0 Å². The molecule has 0 fully saturated rings. The third-order valence-corrected chi connectivity index (χ3v) is 13.6. The van der Waals surface area contributed by atoms with Gasteiger partial charge in [-0.25, -0.2) is 0 Å². The summed E-state index contributed by atoms with van der Waals surface area (Å²) in [5, 5.41) is 5.76. The summed E-state index contributed by atoms with van der Waals surface area (Å²) in [4.78, 5) is 0. The Hall–Kier alpha value is 0.0788. The predicted octanol–water partition coefficient (Wildman–Crippen LogP) is 7.55. The van der Waals surface area contributed by atoms with Crippen LogP contribution in [0.1, 0.15) is 0 Å². The van der Waals surface area contributed by atoms with Crippen molar-refractivity contribution in [2.75, 3.05) is 0 Å². The standard InChI is InChI=1S/2C12H15Ge.CH2.2ClH.Zr/c2*1-13(2,3)12-9-8-10-6-4-5-7-11(10)12;;;;/h2*4-9H,1-3H3;1H2;2*1H;/q2*-1;;;;+2/p-2. The van der Waals surface area contributed by atoms with E-state index in [1.807, 2.05) is 0 Å². The maximum atomic E-state index is 5.13. The Balaban J connectivity index is 0.000000182. The van der Waals surface area contributed by atoms with Crippen LogP contribution in [0, 0.1) is 0 Å². The number of hydrogen-bond acceptors (Lipinski definition) is 0. The molecule has 30 heavy (non-hydrogen) atoms. The van der Waals surface area contributed by atoms with Gasteiger partial charge in [-0.3, -0.25) is 0 Å². The van der Waals surface area contributed by atoms with E-state index in [-0.39, 0.29) is 0 Å². The van der Waals surface area contributed by atoms with Crippen LogP contribution in [0.4, 0.5) is 0 Å². The van der Waals surface area contributed by atoms with Crippen molar-refractivity contribution in [1.82, 2.24) is 0 Å². The summed E-state index contributed by atoms with van der Waals surface area (Å²) in [5.74, 6) is 14.7. The van der Waals surface area contributed by atoms with Crippen LogP contribution in [0.15, 0.2) is 72.8 Å². The first-order chi connectivity index (χ1) is 13.9. The second-order valence-corrected chi connectivity index (χ2v) is 38.9. The molecule has 5 heteroatoms. The average Bonchev–Trinajstić information content (AvgIpc) is 3.25. The van der Waals surface area contributed by atoms with Gasteiger partial charge >= 0.3 is 204 Å². The van der Waals surface area contributed by atoms with Gasteiger partial charge in [0.15, 0.2) is 0 Å². The third-order valence-electron chi connectivity index (χ3n) is 4.98. The number of halogens is 2. The minimum absolute atomic E-state index is 1.40. The van der Waals surface area contributed by atoms with Crippen molar-refractivity contribution >= 4 is 78.1 Å². The van der Waals surface area contributed by atoms with Crippen LogP contribution in [-0.2, 0) is 18.9 Å². The fourth-order valence-electron chi connectivity index (χ4n) is 3.61. The van der Waals surface area contributed by atoms with Crippen molar-refractivity contribution in [2.24, 2.45) is 0 Å². The molecule has 0 heterocycles. The molecule has 0 N–H and O–H groups in total. The summed E-state index contributed by atoms with van der Waals surface area (Å²) in [6.07, 6.45) is 0. The SMILES string of the molecule is [CH2]=[Zr]([Cl])[Cl].[CH3][Ge]([CH3])([CH3])[c]1c[cH-]c2ccccc12.[CH3][Ge]([CH3])([CH3])[c]1c[cH-]c2ccccc12. The molecular weight excluding hydrogens is 608 g/mol. The molecule has 0 radical (unpaired) electrons. The quantitative estimate of drug-likeness (QED) is 0.157. The Kier molecular flexibility index (Phi) is 9.90. The van der Waals surface area contributed by atoms with Crippen molar-refractivity contribution in [3.05, 3.63) is 72.8 Å². The van der Waals surface area contributed by atoms with Gasteiger partial charge in [0, 0.05) is 0 Å². The molecule has 0 aromatic heterocycles. The summed E-state index contributed by atoms with van der Waals surface area (Å²) in [6.45, 7) is 0. The molecule has 0 unspecified atom stereocenters. The molecule has 160 valence electrons. The second-order valence-electron chi connectivity index (χ2n) is 9.51. The number of hydrogen-bond donors (Lipinski definition) is 0. The molecule has 0 spiro atoms. The maximum absolute atomic E-state index is 5.13. The fourth-order valence-corrected chi connectivity index (χ4v) is 10.4. The van der Waals surface area contributed by atoms with Crippen molar-refractivity contribution < 1.29 is 18.9 Å². The monoisotopic (exact) mass is 640 g/mol. The molecule has 0 aliphatic carbocycles. The van der Waals surface area contributed by atoms with Crippen LogP contribution in [0.5, 0.6) is 0 Å². The zero-order valence-electron chi connectivity index (χ0n) is 18.9. The number of fused-ring (bicyclic) bond motifs is 2. The van der Waals surface area contributed by atoms with Crippen LogP contribution < -0.4 is 8.79 Å². The molecule has 0 amide bonds. The normalized spacial score (nSPS) is 11.5. The summed E-state index contributed by atoms with van der Waals surface area (Å²) in [5.41, 5.74) is 0. The van der Waals surface area contributed by atoms with Crippen molar-refractivity contribution in [2.45, 2.75) is 34.5 Å². The summed E-state index contributed by atoms with van der Waals surface area (Å²) >= 11 is -5.12. The summed E-state index contributed by atoms with van der Waals surface area (Å²) in [7, 11) is 10.3. The second kappa shape index (κ2) is 11.3. The Labute approximate surface area is 202 Å². The van der Waals surface area contributed by atoms with E-state index in [2.05, 4.69) is 112 Å². The third kappa shape index (κ3) is 7.59. The molecule has 0 aliphatic heterocycles. The van der Waals surface area contributed by atoms with Crippen LogP contribution in [0.3, 0.4) is 0 Å². The first kappa shape index (κ1) is 26.3. The zero-order chi connectivity index (χ0) is 22.5. The van der Waals surface area contributed by atoms with Gasteiger partial charge in [0.25, 0.3) is 0 Å². The minimum atomic E-state index is -1.85. The molecule has 0 atom stereocenters. The zero-order valence-corrected chi connectivity index (χ0v) is 27.1. The molecule has 0 saturated carbocycles. The van der Waals surface area contributed by atoms with E-state index in [1.54, 1.807) is 8.79 Å². The molecular formula is C25H32Cl2Ge2Zr-2. The molecule has 0 nitrogen and oxygen atoms in total. The number of benzene rings is 2. The van der Waals surface area contributed by atoms with E-state index < -0.39 is 45.4 Å². The van der Waals surface area contributed by atoms with E-state index in [1.165, 1.54) is 21.5 Å². The Bertz CT molecular complexity index is 1020. The van der Waals surface area contributed by atoms with E-state index in [0.717, 1.165) is 0 Å². The molecule has 0 bridgehead atoms. The van der Waals surface area contributed by atoms with E-state index in [4.69, 9.17) is 17.0 Å². The summed E-state index contributed by atoms with van der Waals surface area (Å²) in [6, 6.07) is 26.6. The van der Waals surface area contributed by atoms with Gasteiger partial charge in [-0.2, -0.15) is 0 Å². The average molecular weight is 640 g/mol. The Morgan fingerprint density at radius 3 is 1.27 bits per heavy atom. The van der Waals surface area contributed by atoms with E-state index in [0.29, 0.717) is 0 Å².